The van der Waals surface area contributed by atoms with Gasteiger partial charge in [-0.1, -0.05) is 19.1 Å². The fourth-order valence-corrected chi connectivity index (χ4v) is 2.90. The van der Waals surface area contributed by atoms with Gasteiger partial charge in [0.05, 0.1) is 12.2 Å². The molecule has 0 aromatic heterocycles. The third-order valence-electron chi connectivity index (χ3n) is 3.52. The SMILES string of the molecule is CCC1OCCC1C(O)Cc1ccc(I)cc1. The molecule has 1 saturated heterocycles. The lowest BCUT2D eigenvalue weighted by atomic mass is 9.89. The predicted molar refractivity (Wildman–Crippen MR) is 77.0 cm³/mol. The molecule has 1 aromatic rings. The molecule has 0 amide bonds. The minimum atomic E-state index is -0.275. The highest BCUT2D eigenvalue weighted by atomic mass is 127. The van der Waals surface area contributed by atoms with Crippen molar-refractivity contribution in [2.24, 2.45) is 5.92 Å². The molecular formula is C14H19IO2. The van der Waals surface area contributed by atoms with Gasteiger partial charge in [0.25, 0.3) is 0 Å². The molecule has 3 unspecified atom stereocenters. The van der Waals surface area contributed by atoms with Gasteiger partial charge in [0.1, 0.15) is 0 Å². The van der Waals surface area contributed by atoms with Crippen LogP contribution in [0.15, 0.2) is 24.3 Å². The van der Waals surface area contributed by atoms with Gasteiger partial charge in [-0.2, -0.15) is 0 Å². The second kappa shape index (κ2) is 6.16. The summed E-state index contributed by atoms with van der Waals surface area (Å²) in [6, 6.07) is 8.37. The molecule has 1 aliphatic rings. The van der Waals surface area contributed by atoms with Crippen LogP contribution in [-0.4, -0.2) is 23.9 Å². The van der Waals surface area contributed by atoms with Crippen molar-refractivity contribution in [2.75, 3.05) is 6.61 Å². The van der Waals surface area contributed by atoms with E-state index in [0.717, 1.165) is 25.9 Å². The Balaban J connectivity index is 1.96. The highest BCUT2D eigenvalue weighted by Crippen LogP contribution is 2.28. The average molecular weight is 346 g/mol. The van der Waals surface area contributed by atoms with Crippen molar-refractivity contribution in [2.45, 2.75) is 38.4 Å². The Labute approximate surface area is 117 Å². The van der Waals surface area contributed by atoms with Gasteiger partial charge < -0.3 is 9.84 Å². The Kier molecular flexibility index (Phi) is 4.82. The molecule has 94 valence electrons. The van der Waals surface area contributed by atoms with Crippen molar-refractivity contribution in [3.05, 3.63) is 33.4 Å². The molecule has 0 bridgehead atoms. The second-order valence-electron chi connectivity index (χ2n) is 4.67. The number of benzene rings is 1. The number of hydrogen-bond donors (Lipinski definition) is 1. The summed E-state index contributed by atoms with van der Waals surface area (Å²) in [6.45, 7) is 2.92. The molecule has 1 aromatic carbocycles. The molecule has 17 heavy (non-hydrogen) atoms. The first kappa shape index (κ1) is 13.3. The second-order valence-corrected chi connectivity index (χ2v) is 5.91. The normalized spacial score (nSPS) is 26.1. The minimum absolute atomic E-state index is 0.244. The van der Waals surface area contributed by atoms with Crippen LogP contribution in [0.3, 0.4) is 0 Å². The lowest BCUT2D eigenvalue weighted by Crippen LogP contribution is -2.29. The highest BCUT2D eigenvalue weighted by Gasteiger charge is 2.32. The minimum Gasteiger partial charge on any atom is -0.392 e. The van der Waals surface area contributed by atoms with Crippen LogP contribution in [0.5, 0.6) is 0 Å². The summed E-state index contributed by atoms with van der Waals surface area (Å²) in [7, 11) is 0. The lowest BCUT2D eigenvalue weighted by molar-refractivity contribution is 0.0318. The molecule has 1 heterocycles. The maximum atomic E-state index is 10.3. The fraction of sp³-hybridized carbons (Fsp3) is 0.571. The zero-order valence-electron chi connectivity index (χ0n) is 10.1. The molecule has 1 N–H and O–H groups in total. The molecule has 0 aliphatic carbocycles. The third kappa shape index (κ3) is 3.42. The van der Waals surface area contributed by atoms with Crippen molar-refractivity contribution in [3.63, 3.8) is 0 Å². The van der Waals surface area contributed by atoms with Crippen LogP contribution in [-0.2, 0) is 11.2 Å². The average Bonchev–Trinajstić information content (AvgIpc) is 2.80. The number of rotatable bonds is 4. The molecule has 0 radical (unpaired) electrons. The number of aliphatic hydroxyl groups is 1. The zero-order valence-corrected chi connectivity index (χ0v) is 12.3. The van der Waals surface area contributed by atoms with E-state index < -0.39 is 0 Å². The largest absolute Gasteiger partial charge is 0.392 e. The van der Waals surface area contributed by atoms with Gasteiger partial charge in [-0.25, -0.2) is 0 Å². The van der Waals surface area contributed by atoms with Crippen LogP contribution in [0.25, 0.3) is 0 Å². The summed E-state index contributed by atoms with van der Waals surface area (Å²) in [4.78, 5) is 0. The van der Waals surface area contributed by atoms with E-state index in [9.17, 15) is 5.11 Å². The monoisotopic (exact) mass is 346 g/mol. The topological polar surface area (TPSA) is 29.5 Å². The van der Waals surface area contributed by atoms with E-state index in [2.05, 4.69) is 53.8 Å². The maximum Gasteiger partial charge on any atom is 0.0634 e. The van der Waals surface area contributed by atoms with E-state index >= 15 is 0 Å². The van der Waals surface area contributed by atoms with Crippen molar-refractivity contribution < 1.29 is 9.84 Å². The summed E-state index contributed by atoms with van der Waals surface area (Å²) < 4.78 is 6.86. The van der Waals surface area contributed by atoms with E-state index in [-0.39, 0.29) is 12.2 Å². The first-order valence-corrected chi connectivity index (χ1v) is 7.32. The Morgan fingerprint density at radius 3 is 2.76 bits per heavy atom. The highest BCUT2D eigenvalue weighted by molar-refractivity contribution is 14.1. The Morgan fingerprint density at radius 1 is 1.41 bits per heavy atom. The number of ether oxygens (including phenoxy) is 1. The molecule has 2 rings (SSSR count). The standard InChI is InChI=1S/C14H19IO2/c1-2-14-12(7-8-17-14)13(16)9-10-3-5-11(15)6-4-10/h3-6,12-14,16H,2,7-9H2,1H3. The smallest absolute Gasteiger partial charge is 0.0634 e. The summed E-state index contributed by atoms with van der Waals surface area (Å²) in [5.74, 6) is 0.305. The van der Waals surface area contributed by atoms with E-state index in [1.54, 1.807) is 0 Å². The quantitative estimate of drug-likeness (QED) is 0.850. The van der Waals surface area contributed by atoms with Crippen molar-refractivity contribution in [1.82, 2.24) is 0 Å². The van der Waals surface area contributed by atoms with Crippen LogP contribution in [0, 0.1) is 9.49 Å². The molecular weight excluding hydrogens is 327 g/mol. The molecule has 3 atom stereocenters. The van der Waals surface area contributed by atoms with E-state index in [1.165, 1.54) is 9.13 Å². The fourth-order valence-electron chi connectivity index (χ4n) is 2.54. The van der Waals surface area contributed by atoms with Gasteiger partial charge in [0, 0.05) is 16.1 Å². The van der Waals surface area contributed by atoms with Gasteiger partial charge in [-0.05, 0) is 59.5 Å². The molecule has 0 saturated carbocycles. The Morgan fingerprint density at radius 2 is 2.12 bits per heavy atom. The van der Waals surface area contributed by atoms with Crippen LogP contribution >= 0.6 is 22.6 Å². The first-order valence-electron chi connectivity index (χ1n) is 6.24. The number of halogens is 1. The van der Waals surface area contributed by atoms with Gasteiger partial charge >= 0.3 is 0 Å². The van der Waals surface area contributed by atoms with Crippen LogP contribution < -0.4 is 0 Å². The summed E-state index contributed by atoms with van der Waals surface area (Å²) in [5, 5.41) is 10.3. The van der Waals surface area contributed by atoms with Gasteiger partial charge in [-0.15, -0.1) is 0 Å². The summed E-state index contributed by atoms with van der Waals surface area (Å²) >= 11 is 2.30. The molecule has 3 heteroatoms. The summed E-state index contributed by atoms with van der Waals surface area (Å²) in [5.41, 5.74) is 1.21. The van der Waals surface area contributed by atoms with E-state index in [1.807, 2.05) is 0 Å². The Hall–Kier alpha value is -0.130. The van der Waals surface area contributed by atoms with Gasteiger partial charge in [0.15, 0.2) is 0 Å². The Bertz CT molecular complexity index is 350. The lowest BCUT2D eigenvalue weighted by Gasteiger charge is -2.22. The first-order chi connectivity index (χ1) is 8.20. The number of aliphatic hydroxyl groups excluding tert-OH is 1. The molecule has 1 fully saturated rings. The van der Waals surface area contributed by atoms with E-state index in [0.29, 0.717) is 5.92 Å². The third-order valence-corrected chi connectivity index (χ3v) is 4.23. The van der Waals surface area contributed by atoms with Gasteiger partial charge in [0.2, 0.25) is 0 Å². The van der Waals surface area contributed by atoms with Crippen LogP contribution in [0.4, 0.5) is 0 Å². The maximum absolute atomic E-state index is 10.3. The van der Waals surface area contributed by atoms with Crippen LogP contribution in [0.2, 0.25) is 0 Å². The predicted octanol–water partition coefficient (Wildman–Crippen LogP) is 3.01. The molecule has 2 nitrogen and oxygen atoms in total. The van der Waals surface area contributed by atoms with E-state index in [4.69, 9.17) is 4.74 Å². The molecule has 0 spiro atoms. The van der Waals surface area contributed by atoms with Crippen molar-refractivity contribution >= 4 is 22.6 Å². The number of hydrogen-bond acceptors (Lipinski definition) is 2. The van der Waals surface area contributed by atoms with Crippen molar-refractivity contribution in [1.29, 1.82) is 0 Å². The van der Waals surface area contributed by atoms with Crippen molar-refractivity contribution in [3.8, 4) is 0 Å². The molecule has 1 aliphatic heterocycles. The summed E-state index contributed by atoms with van der Waals surface area (Å²) in [6.07, 6.45) is 2.69. The van der Waals surface area contributed by atoms with Gasteiger partial charge in [-0.3, -0.25) is 0 Å². The van der Waals surface area contributed by atoms with Crippen LogP contribution in [0.1, 0.15) is 25.3 Å². The zero-order chi connectivity index (χ0) is 12.3.